The van der Waals surface area contributed by atoms with Crippen molar-refractivity contribution >= 4 is 6.29 Å². The third kappa shape index (κ3) is 2.26. The van der Waals surface area contributed by atoms with Crippen molar-refractivity contribution in [2.75, 3.05) is 0 Å². The first-order valence-corrected chi connectivity index (χ1v) is 5.78. The number of nitrogens with zero attached hydrogens (tertiary/aromatic N) is 4. The van der Waals surface area contributed by atoms with Crippen LogP contribution < -0.4 is 0 Å². The van der Waals surface area contributed by atoms with Gasteiger partial charge in [-0.2, -0.15) is 0 Å². The fraction of sp³-hybridized carbons (Fsp3) is 0. The summed E-state index contributed by atoms with van der Waals surface area (Å²) < 4.78 is 0. The van der Waals surface area contributed by atoms with E-state index < -0.39 is 0 Å². The summed E-state index contributed by atoms with van der Waals surface area (Å²) in [7, 11) is 0. The first kappa shape index (κ1) is 11.3. The van der Waals surface area contributed by atoms with E-state index in [2.05, 4.69) is 15.4 Å². The molecule has 2 aromatic carbocycles. The van der Waals surface area contributed by atoms with E-state index in [0.717, 1.165) is 11.8 Å². The molecule has 0 unspecified atom stereocenters. The van der Waals surface area contributed by atoms with Crippen molar-refractivity contribution in [2.45, 2.75) is 0 Å². The molecule has 1 aromatic heterocycles. The lowest BCUT2D eigenvalue weighted by atomic mass is 10.2. The average molecular weight is 250 g/mol. The van der Waals surface area contributed by atoms with Gasteiger partial charge in [-0.1, -0.05) is 42.5 Å². The Kier molecular flexibility index (Phi) is 2.86. The van der Waals surface area contributed by atoms with Gasteiger partial charge in [0.2, 0.25) is 5.82 Å². The van der Waals surface area contributed by atoms with Gasteiger partial charge in [-0.15, -0.1) is 15.0 Å². The summed E-state index contributed by atoms with van der Waals surface area (Å²) in [5.74, 6) is 0.553. The van der Waals surface area contributed by atoms with Crippen LogP contribution >= 0.6 is 0 Å². The summed E-state index contributed by atoms with van der Waals surface area (Å²) in [6.45, 7) is 0. The maximum atomic E-state index is 10.8. The zero-order valence-corrected chi connectivity index (χ0v) is 9.97. The largest absolute Gasteiger partial charge is 0.298 e. The average Bonchev–Trinajstić information content (AvgIpc) is 2.98. The second-order valence-electron chi connectivity index (χ2n) is 3.98. The molecule has 0 N–H and O–H groups in total. The molecule has 0 aliphatic heterocycles. The summed E-state index contributed by atoms with van der Waals surface area (Å²) in [6, 6.07) is 16.7. The molecule has 0 spiro atoms. The van der Waals surface area contributed by atoms with Gasteiger partial charge in [-0.05, 0) is 17.3 Å². The number of carbonyl (C=O) groups excluding carboxylic acids is 1. The normalized spacial score (nSPS) is 10.3. The van der Waals surface area contributed by atoms with Gasteiger partial charge in [0.15, 0.2) is 0 Å². The Morgan fingerprint density at radius 2 is 1.84 bits per heavy atom. The topological polar surface area (TPSA) is 60.7 Å². The molecule has 0 aliphatic rings. The smallest absolute Gasteiger partial charge is 0.205 e. The van der Waals surface area contributed by atoms with E-state index in [1.54, 1.807) is 18.2 Å². The van der Waals surface area contributed by atoms with E-state index in [0.29, 0.717) is 17.1 Å². The van der Waals surface area contributed by atoms with E-state index in [4.69, 9.17) is 0 Å². The van der Waals surface area contributed by atoms with Crippen molar-refractivity contribution < 1.29 is 4.79 Å². The van der Waals surface area contributed by atoms with E-state index in [-0.39, 0.29) is 0 Å². The Hall–Kier alpha value is -2.82. The predicted octanol–water partition coefficient (Wildman–Crippen LogP) is 2.14. The third-order valence-corrected chi connectivity index (χ3v) is 2.68. The molecule has 0 bridgehead atoms. The summed E-state index contributed by atoms with van der Waals surface area (Å²) in [4.78, 5) is 12.2. The summed E-state index contributed by atoms with van der Waals surface area (Å²) in [5, 5.41) is 12.3. The summed E-state index contributed by atoms with van der Waals surface area (Å²) in [5.41, 5.74) is 2.19. The number of aldehydes is 1. The quantitative estimate of drug-likeness (QED) is 0.668. The van der Waals surface area contributed by atoms with Crippen LogP contribution in [0, 0.1) is 0 Å². The molecule has 5 nitrogen and oxygen atoms in total. The number of hydrogen-bond donors (Lipinski definition) is 0. The SMILES string of the molecule is O=Cc1cccc(-n2nnc(-c3ccccc3)n2)c1. The van der Waals surface area contributed by atoms with Crippen molar-refractivity contribution in [3.8, 4) is 17.1 Å². The van der Waals surface area contributed by atoms with Crippen molar-refractivity contribution in [1.82, 2.24) is 20.2 Å². The highest BCUT2D eigenvalue weighted by Gasteiger charge is 2.06. The lowest BCUT2D eigenvalue weighted by molar-refractivity contribution is 0.112. The van der Waals surface area contributed by atoms with Gasteiger partial charge in [0.05, 0.1) is 5.69 Å². The Morgan fingerprint density at radius 3 is 2.63 bits per heavy atom. The van der Waals surface area contributed by atoms with Gasteiger partial charge in [0.1, 0.15) is 6.29 Å². The molecule has 0 atom stereocenters. The zero-order chi connectivity index (χ0) is 13.1. The highest BCUT2D eigenvalue weighted by atomic mass is 16.1. The fourth-order valence-electron chi connectivity index (χ4n) is 1.75. The minimum absolute atomic E-state index is 0.553. The summed E-state index contributed by atoms with van der Waals surface area (Å²) in [6.07, 6.45) is 0.790. The number of carbonyl (C=O) groups is 1. The van der Waals surface area contributed by atoms with Crippen LogP contribution in [0.1, 0.15) is 10.4 Å². The molecule has 0 radical (unpaired) electrons. The Balaban J connectivity index is 1.99. The van der Waals surface area contributed by atoms with Gasteiger partial charge in [-0.25, -0.2) is 0 Å². The van der Waals surface area contributed by atoms with Crippen molar-refractivity contribution in [1.29, 1.82) is 0 Å². The first-order valence-electron chi connectivity index (χ1n) is 5.78. The number of rotatable bonds is 3. The Labute approximate surface area is 109 Å². The molecule has 1 heterocycles. The number of hydrogen-bond acceptors (Lipinski definition) is 4. The van der Waals surface area contributed by atoms with E-state index >= 15 is 0 Å². The number of aromatic nitrogens is 4. The van der Waals surface area contributed by atoms with Gasteiger partial charge < -0.3 is 0 Å². The van der Waals surface area contributed by atoms with E-state index in [1.807, 2.05) is 36.4 Å². The molecule has 0 fully saturated rings. The summed E-state index contributed by atoms with van der Waals surface area (Å²) >= 11 is 0. The van der Waals surface area contributed by atoms with Crippen LogP contribution in [-0.4, -0.2) is 26.5 Å². The molecular weight excluding hydrogens is 240 g/mol. The van der Waals surface area contributed by atoms with Gasteiger partial charge in [0, 0.05) is 11.1 Å². The van der Waals surface area contributed by atoms with Crippen LogP contribution in [-0.2, 0) is 0 Å². The van der Waals surface area contributed by atoms with Crippen LogP contribution in [0.2, 0.25) is 0 Å². The zero-order valence-electron chi connectivity index (χ0n) is 9.97. The van der Waals surface area contributed by atoms with Gasteiger partial charge >= 0.3 is 0 Å². The fourth-order valence-corrected chi connectivity index (χ4v) is 1.75. The molecular formula is C14H10N4O. The minimum atomic E-state index is 0.553. The van der Waals surface area contributed by atoms with Crippen LogP contribution in [0.25, 0.3) is 17.1 Å². The molecule has 3 rings (SSSR count). The molecule has 92 valence electrons. The molecule has 0 saturated heterocycles. The van der Waals surface area contributed by atoms with E-state index in [1.165, 1.54) is 4.80 Å². The maximum absolute atomic E-state index is 10.8. The van der Waals surface area contributed by atoms with Crippen LogP contribution in [0.3, 0.4) is 0 Å². The van der Waals surface area contributed by atoms with Crippen molar-refractivity contribution in [3.63, 3.8) is 0 Å². The lowest BCUT2D eigenvalue weighted by Crippen LogP contribution is -1.99. The standard InChI is InChI=1S/C14H10N4O/c19-10-11-5-4-8-13(9-11)18-16-14(15-17-18)12-6-2-1-3-7-12/h1-10H. The number of tetrazole rings is 1. The van der Waals surface area contributed by atoms with Crippen LogP contribution in [0.15, 0.2) is 54.6 Å². The number of benzene rings is 2. The molecule has 0 saturated carbocycles. The van der Waals surface area contributed by atoms with Crippen LogP contribution in [0.5, 0.6) is 0 Å². The second-order valence-corrected chi connectivity index (χ2v) is 3.98. The lowest BCUT2D eigenvalue weighted by Gasteiger charge is -1.98. The first-order chi connectivity index (χ1) is 9.36. The highest BCUT2D eigenvalue weighted by Crippen LogP contribution is 2.14. The third-order valence-electron chi connectivity index (χ3n) is 2.68. The van der Waals surface area contributed by atoms with Gasteiger partial charge in [-0.3, -0.25) is 4.79 Å². The van der Waals surface area contributed by atoms with Crippen molar-refractivity contribution in [3.05, 3.63) is 60.2 Å². The maximum Gasteiger partial charge on any atom is 0.205 e. The minimum Gasteiger partial charge on any atom is -0.298 e. The molecule has 0 amide bonds. The monoisotopic (exact) mass is 250 g/mol. The molecule has 3 aromatic rings. The Morgan fingerprint density at radius 1 is 1.00 bits per heavy atom. The van der Waals surface area contributed by atoms with Crippen molar-refractivity contribution in [2.24, 2.45) is 0 Å². The second kappa shape index (κ2) is 4.81. The molecule has 19 heavy (non-hydrogen) atoms. The van der Waals surface area contributed by atoms with Crippen LogP contribution in [0.4, 0.5) is 0 Å². The Bertz CT molecular complexity index is 706. The highest BCUT2D eigenvalue weighted by molar-refractivity contribution is 5.75. The molecule has 0 aliphatic carbocycles. The van der Waals surface area contributed by atoms with E-state index in [9.17, 15) is 4.79 Å². The van der Waals surface area contributed by atoms with Gasteiger partial charge in [0.25, 0.3) is 0 Å². The predicted molar refractivity (Wildman–Crippen MR) is 70.0 cm³/mol. The molecule has 5 heteroatoms.